The lowest BCUT2D eigenvalue weighted by Crippen LogP contribution is -2.53. The number of unbranched alkanes of at least 4 members (excludes halogenated alkanes) is 1. The molecule has 1 heterocycles. The molecule has 114 valence electrons. The van der Waals surface area contributed by atoms with E-state index in [1.165, 1.54) is 12.1 Å². The zero-order valence-electron chi connectivity index (χ0n) is 12.1. The molecule has 1 amide bonds. The summed E-state index contributed by atoms with van der Waals surface area (Å²) >= 11 is 0. The van der Waals surface area contributed by atoms with Gasteiger partial charge in [-0.2, -0.15) is 0 Å². The van der Waals surface area contributed by atoms with Gasteiger partial charge in [-0.1, -0.05) is 13.3 Å². The number of nitrogens with two attached hydrogens (primary N) is 1. The number of hydrogen-bond donors (Lipinski definition) is 3. The summed E-state index contributed by atoms with van der Waals surface area (Å²) in [7, 11) is 0. The molecule has 0 saturated heterocycles. The van der Waals surface area contributed by atoms with Crippen molar-refractivity contribution in [3.8, 4) is 0 Å². The standard InChI is InChI=1S/C15H19F2N3O/c1-3-4-5-11-13(19-20-15(11,2)14(18)21)10-7-6-9(16)8-12(10)17/h6-8,19-20H,3-5H2,1-2H3,(H2,18,21). The van der Waals surface area contributed by atoms with Crippen LogP contribution in [0.1, 0.15) is 38.7 Å². The molecular weight excluding hydrogens is 276 g/mol. The first kappa shape index (κ1) is 15.4. The van der Waals surface area contributed by atoms with E-state index in [4.69, 9.17) is 5.73 Å². The summed E-state index contributed by atoms with van der Waals surface area (Å²) in [6.45, 7) is 3.68. The number of benzene rings is 1. The van der Waals surface area contributed by atoms with Crippen molar-refractivity contribution in [3.05, 3.63) is 41.0 Å². The molecule has 0 fully saturated rings. The fraction of sp³-hybridized carbons (Fsp3) is 0.400. The number of hydrogen-bond acceptors (Lipinski definition) is 3. The van der Waals surface area contributed by atoms with E-state index < -0.39 is 23.1 Å². The van der Waals surface area contributed by atoms with Gasteiger partial charge in [0, 0.05) is 11.6 Å². The van der Waals surface area contributed by atoms with Gasteiger partial charge in [0.1, 0.15) is 17.2 Å². The third kappa shape index (κ3) is 2.76. The summed E-state index contributed by atoms with van der Waals surface area (Å²) in [4.78, 5) is 11.7. The van der Waals surface area contributed by atoms with Gasteiger partial charge in [0.2, 0.25) is 5.91 Å². The van der Waals surface area contributed by atoms with Crippen molar-refractivity contribution < 1.29 is 13.6 Å². The maximum atomic E-state index is 14.0. The number of rotatable bonds is 5. The molecule has 1 aromatic rings. The van der Waals surface area contributed by atoms with Gasteiger partial charge in [0.05, 0.1) is 5.70 Å². The molecule has 1 atom stereocenters. The van der Waals surface area contributed by atoms with Gasteiger partial charge in [-0.05, 0) is 37.5 Å². The molecule has 1 aromatic carbocycles. The zero-order valence-corrected chi connectivity index (χ0v) is 12.1. The average molecular weight is 295 g/mol. The van der Waals surface area contributed by atoms with Crippen LogP contribution in [0.5, 0.6) is 0 Å². The van der Waals surface area contributed by atoms with Crippen LogP contribution in [0.25, 0.3) is 5.70 Å². The Bertz CT molecular complexity index is 601. The molecule has 1 unspecified atom stereocenters. The Morgan fingerprint density at radius 2 is 2.10 bits per heavy atom. The Hall–Kier alpha value is -1.95. The number of carbonyl (C=O) groups is 1. The Kier molecular flexibility index (Phi) is 4.27. The summed E-state index contributed by atoms with van der Waals surface area (Å²) < 4.78 is 27.0. The van der Waals surface area contributed by atoms with Crippen LogP contribution in [0.4, 0.5) is 8.78 Å². The van der Waals surface area contributed by atoms with Gasteiger partial charge in [-0.25, -0.2) is 14.2 Å². The lowest BCUT2D eigenvalue weighted by atomic mass is 9.86. The molecule has 0 saturated carbocycles. The number of amides is 1. The number of carbonyl (C=O) groups excluding carboxylic acids is 1. The quantitative estimate of drug-likeness (QED) is 0.780. The van der Waals surface area contributed by atoms with E-state index in [1.807, 2.05) is 6.92 Å². The second-order valence-corrected chi connectivity index (χ2v) is 5.32. The molecule has 4 nitrogen and oxygen atoms in total. The van der Waals surface area contributed by atoms with Crippen molar-refractivity contribution in [2.24, 2.45) is 5.73 Å². The highest BCUT2D eigenvalue weighted by molar-refractivity contribution is 5.93. The van der Waals surface area contributed by atoms with Gasteiger partial charge in [0.15, 0.2) is 0 Å². The number of primary amides is 1. The number of hydrazine groups is 1. The fourth-order valence-electron chi connectivity index (χ4n) is 2.45. The molecule has 4 N–H and O–H groups in total. The second-order valence-electron chi connectivity index (χ2n) is 5.32. The van der Waals surface area contributed by atoms with E-state index in [-0.39, 0.29) is 5.56 Å². The molecule has 0 aromatic heterocycles. The van der Waals surface area contributed by atoms with E-state index >= 15 is 0 Å². The van der Waals surface area contributed by atoms with Gasteiger partial charge in [-0.15, -0.1) is 0 Å². The minimum Gasteiger partial charge on any atom is -0.368 e. The summed E-state index contributed by atoms with van der Waals surface area (Å²) in [6, 6.07) is 3.36. The first-order chi connectivity index (χ1) is 9.90. The topological polar surface area (TPSA) is 67.2 Å². The smallest absolute Gasteiger partial charge is 0.243 e. The molecule has 21 heavy (non-hydrogen) atoms. The van der Waals surface area contributed by atoms with Crippen LogP contribution in [0.2, 0.25) is 0 Å². The predicted octanol–water partition coefficient (Wildman–Crippen LogP) is 2.22. The van der Waals surface area contributed by atoms with E-state index in [1.54, 1.807) is 6.92 Å². The summed E-state index contributed by atoms with van der Waals surface area (Å²) in [5, 5.41) is 0. The Balaban J connectivity index is 2.53. The minimum atomic E-state index is -1.08. The predicted molar refractivity (Wildman–Crippen MR) is 76.7 cm³/mol. The maximum absolute atomic E-state index is 14.0. The molecular formula is C15H19F2N3O. The highest BCUT2D eigenvalue weighted by Crippen LogP contribution is 2.34. The van der Waals surface area contributed by atoms with E-state index in [9.17, 15) is 13.6 Å². The summed E-state index contributed by atoms with van der Waals surface area (Å²) in [5.41, 5.74) is 11.4. The normalized spacial score (nSPS) is 21.5. The van der Waals surface area contributed by atoms with Crippen molar-refractivity contribution in [1.82, 2.24) is 10.9 Å². The van der Waals surface area contributed by atoms with Crippen LogP contribution in [-0.4, -0.2) is 11.4 Å². The van der Waals surface area contributed by atoms with Crippen molar-refractivity contribution in [3.63, 3.8) is 0 Å². The molecule has 2 rings (SSSR count). The molecule has 6 heteroatoms. The van der Waals surface area contributed by atoms with Crippen molar-refractivity contribution >= 4 is 11.6 Å². The molecule has 1 aliphatic heterocycles. The van der Waals surface area contributed by atoms with Crippen LogP contribution >= 0.6 is 0 Å². The van der Waals surface area contributed by atoms with E-state index in [2.05, 4.69) is 10.9 Å². The minimum absolute atomic E-state index is 0.222. The Morgan fingerprint density at radius 3 is 2.67 bits per heavy atom. The van der Waals surface area contributed by atoms with Crippen LogP contribution in [0, 0.1) is 11.6 Å². The van der Waals surface area contributed by atoms with Gasteiger partial charge < -0.3 is 11.2 Å². The molecule has 0 spiro atoms. The maximum Gasteiger partial charge on any atom is 0.243 e. The molecule has 0 aliphatic carbocycles. The first-order valence-corrected chi connectivity index (χ1v) is 6.92. The van der Waals surface area contributed by atoms with E-state index in [0.717, 1.165) is 18.9 Å². The average Bonchev–Trinajstić information content (AvgIpc) is 2.75. The number of halogens is 2. The fourth-order valence-corrected chi connectivity index (χ4v) is 2.45. The molecule has 1 aliphatic rings. The molecule has 0 bridgehead atoms. The van der Waals surface area contributed by atoms with Gasteiger partial charge in [-0.3, -0.25) is 4.79 Å². The van der Waals surface area contributed by atoms with Crippen molar-refractivity contribution in [2.75, 3.05) is 0 Å². The Morgan fingerprint density at radius 1 is 1.38 bits per heavy atom. The molecule has 0 radical (unpaired) electrons. The van der Waals surface area contributed by atoms with Crippen LogP contribution < -0.4 is 16.6 Å². The van der Waals surface area contributed by atoms with Crippen LogP contribution in [-0.2, 0) is 4.79 Å². The lowest BCUT2D eigenvalue weighted by Gasteiger charge is -2.23. The third-order valence-electron chi connectivity index (χ3n) is 3.82. The monoisotopic (exact) mass is 295 g/mol. The van der Waals surface area contributed by atoms with Gasteiger partial charge in [0.25, 0.3) is 0 Å². The van der Waals surface area contributed by atoms with Crippen molar-refractivity contribution in [1.29, 1.82) is 0 Å². The van der Waals surface area contributed by atoms with Gasteiger partial charge >= 0.3 is 0 Å². The zero-order chi connectivity index (χ0) is 15.6. The largest absolute Gasteiger partial charge is 0.368 e. The summed E-state index contributed by atoms with van der Waals surface area (Å²) in [6.07, 6.45) is 2.37. The SMILES string of the molecule is CCCCC1=C(c2ccc(F)cc2F)NNC1(C)C(N)=O. The van der Waals surface area contributed by atoms with Crippen LogP contribution in [0.3, 0.4) is 0 Å². The second kappa shape index (κ2) is 5.81. The Labute approximate surface area is 122 Å². The highest BCUT2D eigenvalue weighted by Gasteiger charge is 2.42. The van der Waals surface area contributed by atoms with Crippen molar-refractivity contribution in [2.45, 2.75) is 38.6 Å². The van der Waals surface area contributed by atoms with Crippen LogP contribution in [0.15, 0.2) is 23.8 Å². The first-order valence-electron chi connectivity index (χ1n) is 6.92. The highest BCUT2D eigenvalue weighted by atomic mass is 19.1. The summed E-state index contributed by atoms with van der Waals surface area (Å²) in [5.74, 6) is -1.86. The van der Waals surface area contributed by atoms with E-state index in [0.29, 0.717) is 17.7 Å². The lowest BCUT2D eigenvalue weighted by molar-refractivity contribution is -0.122. The number of nitrogens with one attached hydrogen (secondary N) is 2. The third-order valence-corrected chi connectivity index (χ3v) is 3.82.